The Labute approximate surface area is 92.6 Å². The molecule has 13 heavy (non-hydrogen) atoms. The van der Waals surface area contributed by atoms with E-state index in [2.05, 4.69) is 4.98 Å². The maximum Gasteiger partial charge on any atom is 0.265 e. The number of halogens is 4. The zero-order valence-electron chi connectivity index (χ0n) is 6.40. The molecule has 1 aromatic rings. The van der Waals surface area contributed by atoms with Gasteiger partial charge in [0.15, 0.2) is 0 Å². The summed E-state index contributed by atoms with van der Waals surface area (Å²) in [5.41, 5.74) is 5.52. The molecule has 0 saturated carbocycles. The minimum atomic E-state index is -2.56. The highest BCUT2D eigenvalue weighted by atomic mass is 127. The van der Waals surface area contributed by atoms with E-state index in [-0.39, 0.29) is 20.8 Å². The second-order valence-corrected chi connectivity index (χ2v) is 3.74. The lowest BCUT2D eigenvalue weighted by Crippen LogP contribution is -2.05. The monoisotopic (exact) mass is 318 g/mol. The highest BCUT2D eigenvalue weighted by molar-refractivity contribution is 14.1. The minimum absolute atomic E-state index is 0.0415. The Bertz CT molecular complexity index is 320. The Hall–Kier alpha value is -0.0100. The van der Waals surface area contributed by atoms with E-state index >= 15 is 0 Å². The zero-order chi connectivity index (χ0) is 10.0. The molecule has 2 nitrogen and oxygen atoms in total. The highest BCUT2D eigenvalue weighted by Gasteiger charge is 2.18. The fraction of sp³-hybridized carbons (Fsp3) is 0.286. The fourth-order valence-corrected chi connectivity index (χ4v) is 1.78. The topological polar surface area (TPSA) is 38.9 Å². The van der Waals surface area contributed by atoms with Gasteiger partial charge in [-0.2, -0.15) is 0 Å². The quantitative estimate of drug-likeness (QED) is 0.673. The SMILES string of the molecule is NCc1cnc(Cl)c(I)c1C(F)F. The van der Waals surface area contributed by atoms with E-state index in [1.165, 1.54) is 6.20 Å². The van der Waals surface area contributed by atoms with Crippen molar-refractivity contribution in [2.24, 2.45) is 5.73 Å². The van der Waals surface area contributed by atoms with Gasteiger partial charge >= 0.3 is 0 Å². The summed E-state index contributed by atoms with van der Waals surface area (Å²) in [6.07, 6.45) is -1.28. The molecule has 0 amide bonds. The molecule has 6 heteroatoms. The number of hydrogen-bond donors (Lipinski definition) is 1. The van der Waals surface area contributed by atoms with Gasteiger partial charge in [-0.3, -0.25) is 0 Å². The molecule has 0 atom stereocenters. The van der Waals surface area contributed by atoms with E-state index in [9.17, 15) is 8.78 Å². The Morgan fingerprint density at radius 2 is 2.23 bits per heavy atom. The average Bonchev–Trinajstić information content (AvgIpc) is 2.08. The summed E-state index contributed by atoms with van der Waals surface area (Å²) in [7, 11) is 0. The summed E-state index contributed by atoms with van der Waals surface area (Å²) in [5, 5.41) is 0.0908. The molecule has 1 heterocycles. The molecule has 0 spiro atoms. The van der Waals surface area contributed by atoms with Gasteiger partial charge in [-0.05, 0) is 28.2 Å². The predicted octanol–water partition coefficient (Wildman–Crippen LogP) is 2.74. The summed E-state index contributed by atoms with van der Waals surface area (Å²) in [4.78, 5) is 3.74. The van der Waals surface area contributed by atoms with Crippen LogP contribution in [0.2, 0.25) is 5.15 Å². The van der Waals surface area contributed by atoms with Crippen LogP contribution in [0, 0.1) is 3.57 Å². The molecule has 0 aliphatic heterocycles. The lowest BCUT2D eigenvalue weighted by atomic mass is 10.1. The first-order valence-electron chi connectivity index (χ1n) is 3.39. The largest absolute Gasteiger partial charge is 0.326 e. The smallest absolute Gasteiger partial charge is 0.265 e. The van der Waals surface area contributed by atoms with Gasteiger partial charge in [0.2, 0.25) is 0 Å². The number of nitrogens with two attached hydrogens (primary N) is 1. The van der Waals surface area contributed by atoms with Crippen molar-refractivity contribution in [3.05, 3.63) is 26.0 Å². The molecule has 1 rings (SSSR count). The van der Waals surface area contributed by atoms with Crippen LogP contribution >= 0.6 is 34.2 Å². The third-order valence-electron chi connectivity index (χ3n) is 1.54. The molecular formula is C7H6ClF2IN2. The Balaban J connectivity index is 3.32. The lowest BCUT2D eigenvalue weighted by Gasteiger charge is -2.09. The van der Waals surface area contributed by atoms with Crippen LogP contribution in [0.4, 0.5) is 8.78 Å². The van der Waals surface area contributed by atoms with Crippen LogP contribution in [-0.2, 0) is 6.54 Å². The van der Waals surface area contributed by atoms with Gasteiger partial charge in [-0.1, -0.05) is 11.6 Å². The van der Waals surface area contributed by atoms with Crippen LogP contribution in [0.3, 0.4) is 0 Å². The Morgan fingerprint density at radius 1 is 1.62 bits per heavy atom. The van der Waals surface area contributed by atoms with Gasteiger partial charge in [0.25, 0.3) is 6.43 Å². The molecule has 0 radical (unpaired) electrons. The van der Waals surface area contributed by atoms with Crippen LogP contribution in [0.1, 0.15) is 17.6 Å². The van der Waals surface area contributed by atoms with E-state index in [1.807, 2.05) is 0 Å². The van der Waals surface area contributed by atoms with E-state index in [0.29, 0.717) is 5.56 Å². The summed E-state index contributed by atoms with van der Waals surface area (Å²) in [6, 6.07) is 0. The molecule has 1 aromatic heterocycles. The molecule has 72 valence electrons. The van der Waals surface area contributed by atoms with Crippen molar-refractivity contribution < 1.29 is 8.78 Å². The van der Waals surface area contributed by atoms with Crippen LogP contribution in [0.5, 0.6) is 0 Å². The van der Waals surface area contributed by atoms with Crippen molar-refractivity contribution in [3.8, 4) is 0 Å². The van der Waals surface area contributed by atoms with E-state index < -0.39 is 6.43 Å². The number of rotatable bonds is 2. The first-order chi connectivity index (χ1) is 6.07. The summed E-state index contributed by atoms with van der Waals surface area (Å²) in [6.45, 7) is 0.0415. The molecule has 0 aromatic carbocycles. The number of hydrogen-bond acceptors (Lipinski definition) is 2. The van der Waals surface area contributed by atoms with Crippen LogP contribution < -0.4 is 5.73 Å². The van der Waals surface area contributed by atoms with Crippen molar-refractivity contribution in [1.82, 2.24) is 4.98 Å². The summed E-state index contributed by atoms with van der Waals surface area (Å²) < 4.78 is 25.3. The van der Waals surface area contributed by atoms with E-state index in [1.54, 1.807) is 22.6 Å². The maximum absolute atomic E-state index is 12.5. The molecule has 0 aliphatic rings. The van der Waals surface area contributed by atoms with Gasteiger partial charge in [-0.25, -0.2) is 13.8 Å². The second kappa shape index (κ2) is 4.47. The minimum Gasteiger partial charge on any atom is -0.326 e. The Morgan fingerprint density at radius 3 is 2.69 bits per heavy atom. The van der Waals surface area contributed by atoms with E-state index in [4.69, 9.17) is 17.3 Å². The van der Waals surface area contributed by atoms with E-state index in [0.717, 1.165) is 0 Å². The standard InChI is InChI=1S/C7H6ClF2IN2/c8-6-5(11)4(7(9)10)3(1-12)2-13-6/h2,7H,1,12H2. The third-order valence-corrected chi connectivity index (χ3v) is 3.23. The normalized spacial score (nSPS) is 10.9. The molecule has 0 fully saturated rings. The molecular weight excluding hydrogens is 312 g/mol. The van der Waals surface area contributed by atoms with Crippen LogP contribution in [-0.4, -0.2) is 4.98 Å². The first kappa shape index (κ1) is 11.1. The predicted molar refractivity (Wildman–Crippen MR) is 54.8 cm³/mol. The van der Waals surface area contributed by atoms with Crippen LogP contribution in [0.15, 0.2) is 6.20 Å². The van der Waals surface area contributed by atoms with Gasteiger partial charge in [0.1, 0.15) is 5.15 Å². The van der Waals surface area contributed by atoms with Gasteiger partial charge < -0.3 is 5.73 Å². The van der Waals surface area contributed by atoms with Crippen molar-refractivity contribution in [2.45, 2.75) is 13.0 Å². The zero-order valence-corrected chi connectivity index (χ0v) is 9.31. The fourth-order valence-electron chi connectivity index (χ4n) is 0.911. The van der Waals surface area contributed by atoms with Crippen molar-refractivity contribution >= 4 is 34.2 Å². The van der Waals surface area contributed by atoms with Crippen molar-refractivity contribution in [1.29, 1.82) is 0 Å². The lowest BCUT2D eigenvalue weighted by molar-refractivity contribution is 0.149. The highest BCUT2D eigenvalue weighted by Crippen LogP contribution is 2.30. The Kier molecular flexibility index (Phi) is 3.81. The second-order valence-electron chi connectivity index (χ2n) is 2.31. The first-order valence-corrected chi connectivity index (χ1v) is 4.84. The summed E-state index contributed by atoms with van der Waals surface area (Å²) >= 11 is 7.33. The van der Waals surface area contributed by atoms with Gasteiger partial charge in [0, 0.05) is 18.3 Å². The van der Waals surface area contributed by atoms with Crippen molar-refractivity contribution in [2.75, 3.05) is 0 Å². The molecule has 0 aliphatic carbocycles. The number of pyridine rings is 1. The van der Waals surface area contributed by atoms with Crippen LogP contribution in [0.25, 0.3) is 0 Å². The molecule has 0 bridgehead atoms. The number of nitrogens with zero attached hydrogens (tertiary/aromatic N) is 1. The number of alkyl halides is 2. The van der Waals surface area contributed by atoms with Gasteiger partial charge in [-0.15, -0.1) is 0 Å². The summed E-state index contributed by atoms with van der Waals surface area (Å²) in [5.74, 6) is 0. The van der Waals surface area contributed by atoms with Crippen molar-refractivity contribution in [3.63, 3.8) is 0 Å². The molecule has 2 N–H and O–H groups in total. The molecule has 0 unspecified atom stereocenters. The maximum atomic E-state index is 12.5. The average molecular weight is 318 g/mol. The van der Waals surface area contributed by atoms with Gasteiger partial charge in [0.05, 0.1) is 3.57 Å². The third kappa shape index (κ3) is 2.26. The number of aromatic nitrogens is 1. The molecule has 0 saturated heterocycles.